The molecule has 8 heteroatoms. The minimum absolute atomic E-state index is 0.121. The third-order valence-electron chi connectivity index (χ3n) is 5.99. The summed E-state index contributed by atoms with van der Waals surface area (Å²) in [4.78, 5) is 21.1. The number of nitriles is 1. The minimum atomic E-state index is -0.307. The lowest BCUT2D eigenvalue weighted by Gasteiger charge is -2.21. The molecule has 1 saturated carbocycles. The van der Waals surface area contributed by atoms with E-state index in [1.165, 1.54) is 19.3 Å². The predicted molar refractivity (Wildman–Crippen MR) is 123 cm³/mol. The molecule has 1 saturated heterocycles. The molecule has 4 rings (SSSR count). The van der Waals surface area contributed by atoms with Crippen molar-refractivity contribution in [3.05, 3.63) is 40.0 Å². The average Bonchev–Trinajstić information content (AvgIpc) is 3.45. The van der Waals surface area contributed by atoms with Gasteiger partial charge in [-0.15, -0.1) is 11.8 Å². The van der Waals surface area contributed by atoms with Gasteiger partial charge in [-0.2, -0.15) is 10.2 Å². The molecular weight excluding hydrogens is 408 g/mol. The van der Waals surface area contributed by atoms with Gasteiger partial charge in [0.2, 0.25) is 0 Å². The maximum absolute atomic E-state index is 12.3. The van der Waals surface area contributed by atoms with E-state index in [9.17, 15) is 4.79 Å². The summed E-state index contributed by atoms with van der Waals surface area (Å²) in [7, 11) is 0. The third kappa shape index (κ3) is 5.14. The van der Waals surface area contributed by atoms with Gasteiger partial charge in [0.25, 0.3) is 0 Å². The fourth-order valence-electron chi connectivity index (χ4n) is 4.39. The molecule has 2 aromatic heterocycles. The number of nitrogens with zero attached hydrogens (tertiary/aromatic N) is 5. The molecule has 0 spiro atoms. The van der Waals surface area contributed by atoms with Gasteiger partial charge in [-0.05, 0) is 31.4 Å². The molecular formula is C23H28N6OS. The second-order valence-electron chi connectivity index (χ2n) is 8.21. The second-order valence-corrected chi connectivity index (χ2v) is 9.50. The number of aryl methyl sites for hydroxylation is 1. The molecule has 1 atom stereocenters. The van der Waals surface area contributed by atoms with Crippen molar-refractivity contribution in [3.63, 3.8) is 0 Å². The van der Waals surface area contributed by atoms with Crippen LogP contribution >= 0.6 is 11.8 Å². The number of anilines is 1. The molecule has 2 aromatic rings. The molecule has 162 valence electrons. The maximum atomic E-state index is 12.3. The summed E-state index contributed by atoms with van der Waals surface area (Å²) in [6.45, 7) is 0.502. The number of thioether (sulfide) groups is 1. The molecule has 1 aliphatic carbocycles. The van der Waals surface area contributed by atoms with E-state index in [1.54, 1.807) is 22.5 Å². The summed E-state index contributed by atoms with van der Waals surface area (Å²) >= 11 is 1.77. The maximum Gasteiger partial charge on any atom is 0.350 e. The van der Waals surface area contributed by atoms with Gasteiger partial charge < -0.3 is 10.3 Å². The average molecular weight is 437 g/mol. The Labute approximate surface area is 187 Å². The fraction of sp³-hybridized carbons (Fsp3) is 0.565. The standard InChI is InChI=1S/C23H28N6OS/c24-12-4-10-19-16-28(22(26-19)17-7-2-1-3-8-17)13-5-9-18-15-29(20-11-6-14-31-20)23(30)27-21(18)25/h15-17,20H,1-4,6-8,10-11,13-14H2,(H2,25,27,30)/t20-/m1/s1. The molecule has 0 radical (unpaired) electrons. The number of hydrogen-bond donors (Lipinski definition) is 1. The summed E-state index contributed by atoms with van der Waals surface area (Å²) in [5, 5.41) is 9.04. The van der Waals surface area contributed by atoms with Crippen LogP contribution in [0.1, 0.15) is 79.7 Å². The van der Waals surface area contributed by atoms with Gasteiger partial charge in [0.05, 0.1) is 29.2 Å². The Balaban J connectivity index is 1.57. The Kier molecular flexibility index (Phi) is 6.99. The Morgan fingerprint density at radius 3 is 2.74 bits per heavy atom. The molecule has 0 aromatic carbocycles. The first-order valence-electron chi connectivity index (χ1n) is 11.1. The van der Waals surface area contributed by atoms with E-state index >= 15 is 0 Å². The smallest absolute Gasteiger partial charge is 0.350 e. The highest BCUT2D eigenvalue weighted by atomic mass is 32.2. The van der Waals surface area contributed by atoms with Gasteiger partial charge in [-0.25, -0.2) is 9.78 Å². The van der Waals surface area contributed by atoms with Crippen molar-refractivity contribution in [3.8, 4) is 17.9 Å². The van der Waals surface area contributed by atoms with Gasteiger partial charge in [0.1, 0.15) is 11.6 Å². The first-order valence-corrected chi connectivity index (χ1v) is 12.1. The van der Waals surface area contributed by atoms with Crippen LogP contribution in [0.15, 0.2) is 17.2 Å². The van der Waals surface area contributed by atoms with Gasteiger partial charge in [0, 0.05) is 31.2 Å². The van der Waals surface area contributed by atoms with Crippen molar-refractivity contribution < 1.29 is 0 Å². The van der Waals surface area contributed by atoms with E-state index < -0.39 is 0 Å². The minimum Gasteiger partial charge on any atom is -0.382 e. The second kappa shape index (κ2) is 10.1. The third-order valence-corrected chi connectivity index (χ3v) is 7.36. The first kappa shape index (κ1) is 21.5. The lowest BCUT2D eigenvalue weighted by atomic mass is 9.88. The highest BCUT2D eigenvalue weighted by molar-refractivity contribution is 7.99. The number of rotatable bonds is 5. The number of hydrogen-bond acceptors (Lipinski definition) is 6. The number of nitrogen functional groups attached to an aromatic ring is 1. The van der Waals surface area contributed by atoms with Crippen LogP contribution < -0.4 is 11.4 Å². The van der Waals surface area contributed by atoms with Gasteiger partial charge in [-0.1, -0.05) is 31.1 Å². The van der Waals surface area contributed by atoms with Gasteiger partial charge in [0.15, 0.2) is 0 Å². The Morgan fingerprint density at radius 2 is 2.00 bits per heavy atom. The Hall–Kier alpha value is -2.71. The molecule has 2 fully saturated rings. The Morgan fingerprint density at radius 1 is 1.16 bits per heavy atom. The summed E-state index contributed by atoms with van der Waals surface area (Å²) in [6, 6.07) is 2.20. The van der Waals surface area contributed by atoms with Crippen molar-refractivity contribution in [2.45, 2.75) is 75.6 Å². The van der Waals surface area contributed by atoms with E-state index in [4.69, 9.17) is 16.0 Å². The quantitative estimate of drug-likeness (QED) is 0.719. The van der Waals surface area contributed by atoms with Crippen LogP contribution in [-0.2, 0) is 13.0 Å². The summed E-state index contributed by atoms with van der Waals surface area (Å²) in [5.41, 5.74) is 7.23. The zero-order valence-corrected chi connectivity index (χ0v) is 18.5. The summed E-state index contributed by atoms with van der Waals surface area (Å²) < 4.78 is 3.80. The zero-order valence-electron chi connectivity index (χ0n) is 17.7. The molecule has 1 aliphatic heterocycles. The SMILES string of the molecule is N#CCCc1cn(CC#Cc2cn([C@H]3CCCS3)c(=O)nc2N)c(C2CCCCC2)n1. The highest BCUT2D eigenvalue weighted by Crippen LogP contribution is 2.34. The van der Waals surface area contributed by atoms with Gasteiger partial charge >= 0.3 is 5.69 Å². The lowest BCUT2D eigenvalue weighted by Crippen LogP contribution is -2.26. The van der Waals surface area contributed by atoms with Gasteiger partial charge in [-0.3, -0.25) is 4.57 Å². The number of nitrogens with two attached hydrogens (primary N) is 1. The summed E-state index contributed by atoms with van der Waals surface area (Å²) in [6.07, 6.45) is 13.1. The molecule has 2 N–H and O–H groups in total. The van der Waals surface area contributed by atoms with Crippen molar-refractivity contribution >= 4 is 17.6 Å². The van der Waals surface area contributed by atoms with Crippen molar-refractivity contribution in [1.82, 2.24) is 19.1 Å². The van der Waals surface area contributed by atoms with E-state index in [1.807, 2.05) is 6.20 Å². The topological polar surface area (TPSA) is 103 Å². The van der Waals surface area contributed by atoms with Crippen molar-refractivity contribution in [2.75, 3.05) is 11.5 Å². The largest absolute Gasteiger partial charge is 0.382 e. The molecule has 0 amide bonds. The van der Waals surface area contributed by atoms with Crippen molar-refractivity contribution in [1.29, 1.82) is 5.26 Å². The molecule has 2 aliphatic rings. The normalized spacial score (nSPS) is 19.0. The van der Waals surface area contributed by atoms with Crippen molar-refractivity contribution in [2.24, 2.45) is 0 Å². The Bertz CT molecular complexity index is 1070. The van der Waals surface area contributed by atoms with Crippen LogP contribution in [0.25, 0.3) is 0 Å². The van der Waals surface area contributed by atoms with E-state index in [-0.39, 0.29) is 16.9 Å². The van der Waals surface area contributed by atoms with E-state index in [0.29, 0.717) is 30.9 Å². The van der Waals surface area contributed by atoms with E-state index in [0.717, 1.165) is 43.0 Å². The molecule has 0 unspecified atom stereocenters. The number of imidazole rings is 1. The van der Waals surface area contributed by atoms with Crippen LogP contribution in [0, 0.1) is 23.2 Å². The van der Waals surface area contributed by atoms with Crippen LogP contribution in [0.3, 0.4) is 0 Å². The zero-order chi connectivity index (χ0) is 21.6. The predicted octanol–water partition coefficient (Wildman–Crippen LogP) is 3.60. The van der Waals surface area contributed by atoms with Crippen LogP contribution in [0.5, 0.6) is 0 Å². The van der Waals surface area contributed by atoms with Crippen LogP contribution in [-0.4, -0.2) is 24.9 Å². The van der Waals surface area contributed by atoms with Crippen LogP contribution in [0.2, 0.25) is 0 Å². The lowest BCUT2D eigenvalue weighted by molar-refractivity contribution is 0.419. The molecule has 7 nitrogen and oxygen atoms in total. The molecule has 3 heterocycles. The fourth-order valence-corrected chi connectivity index (χ4v) is 5.64. The molecule has 0 bridgehead atoms. The summed E-state index contributed by atoms with van der Waals surface area (Å²) in [5.74, 6) is 9.12. The molecule has 31 heavy (non-hydrogen) atoms. The number of aromatic nitrogens is 4. The highest BCUT2D eigenvalue weighted by Gasteiger charge is 2.22. The van der Waals surface area contributed by atoms with Crippen LogP contribution in [0.4, 0.5) is 5.82 Å². The first-order chi connectivity index (χ1) is 15.2. The van der Waals surface area contributed by atoms with E-state index in [2.05, 4.69) is 27.5 Å². The monoisotopic (exact) mass is 436 g/mol.